The van der Waals surface area contributed by atoms with Crippen LogP contribution in [-0.2, 0) is 4.74 Å². The summed E-state index contributed by atoms with van der Waals surface area (Å²) < 4.78 is 47.0. The zero-order valence-electron chi connectivity index (χ0n) is 15.8. The quantitative estimate of drug-likeness (QED) is 0.707. The maximum atomic E-state index is 12.3. The molecule has 0 bridgehead atoms. The van der Waals surface area contributed by atoms with Crippen molar-refractivity contribution in [3.63, 3.8) is 0 Å². The van der Waals surface area contributed by atoms with E-state index in [1.54, 1.807) is 45.0 Å². The van der Waals surface area contributed by atoms with Gasteiger partial charge in [-0.25, -0.2) is 4.79 Å². The van der Waals surface area contributed by atoms with Gasteiger partial charge in [0.25, 0.3) is 0 Å². The molecule has 7 nitrogen and oxygen atoms in total. The van der Waals surface area contributed by atoms with Crippen LogP contribution in [-0.4, -0.2) is 41.4 Å². The summed E-state index contributed by atoms with van der Waals surface area (Å²) in [5.74, 6) is -0.375. The standard InChI is InChI=1S/C18H21F3N4O3/c1-17(2,3)28-15(26)11-5-7-12(8-6-11)23-13-9-14(25-16(22-4)24-13)27-10-18(19,20)21/h5-9H,10H2,1-4H3,(H2,22,23,24,25). The first-order chi connectivity index (χ1) is 12.9. The minimum absolute atomic E-state index is 0.0903. The van der Waals surface area contributed by atoms with E-state index in [-0.39, 0.29) is 17.6 Å². The van der Waals surface area contributed by atoms with E-state index in [1.807, 2.05) is 0 Å². The van der Waals surface area contributed by atoms with E-state index in [4.69, 9.17) is 4.74 Å². The number of nitrogens with one attached hydrogen (secondary N) is 2. The highest BCUT2D eigenvalue weighted by Gasteiger charge is 2.29. The van der Waals surface area contributed by atoms with E-state index >= 15 is 0 Å². The number of halogens is 3. The summed E-state index contributed by atoms with van der Waals surface area (Å²) >= 11 is 0. The molecule has 0 fully saturated rings. The molecule has 0 spiro atoms. The van der Waals surface area contributed by atoms with Gasteiger partial charge in [0.1, 0.15) is 11.4 Å². The summed E-state index contributed by atoms with van der Waals surface area (Å²) in [6, 6.07) is 7.62. The van der Waals surface area contributed by atoms with Crippen molar-refractivity contribution in [3.05, 3.63) is 35.9 Å². The van der Waals surface area contributed by atoms with Gasteiger partial charge in [0.15, 0.2) is 6.61 Å². The fourth-order valence-electron chi connectivity index (χ4n) is 2.01. The molecule has 0 aliphatic rings. The van der Waals surface area contributed by atoms with Gasteiger partial charge in [-0.15, -0.1) is 0 Å². The normalized spacial score (nSPS) is 11.7. The molecule has 1 heterocycles. The average Bonchev–Trinajstić information content (AvgIpc) is 2.58. The van der Waals surface area contributed by atoms with Crippen LogP contribution in [0.15, 0.2) is 30.3 Å². The van der Waals surface area contributed by atoms with Crippen LogP contribution in [0.1, 0.15) is 31.1 Å². The van der Waals surface area contributed by atoms with Crippen LogP contribution in [0.4, 0.5) is 30.6 Å². The van der Waals surface area contributed by atoms with Crippen molar-refractivity contribution in [3.8, 4) is 5.88 Å². The van der Waals surface area contributed by atoms with E-state index in [2.05, 4.69) is 25.3 Å². The maximum absolute atomic E-state index is 12.3. The maximum Gasteiger partial charge on any atom is 0.422 e. The molecule has 152 valence electrons. The topological polar surface area (TPSA) is 85.4 Å². The number of esters is 1. The first-order valence-electron chi connectivity index (χ1n) is 8.32. The SMILES string of the molecule is CNc1nc(Nc2ccc(C(=O)OC(C)(C)C)cc2)cc(OCC(F)(F)F)n1. The Bertz CT molecular complexity index is 818. The Hall–Kier alpha value is -3.04. The number of alkyl halides is 3. The van der Waals surface area contributed by atoms with Crippen molar-refractivity contribution >= 4 is 23.4 Å². The molecule has 0 radical (unpaired) electrons. The lowest BCUT2D eigenvalue weighted by molar-refractivity contribution is -0.154. The Kier molecular flexibility index (Phi) is 6.32. The third-order valence-corrected chi connectivity index (χ3v) is 3.10. The summed E-state index contributed by atoms with van der Waals surface area (Å²) in [5.41, 5.74) is 0.328. The summed E-state index contributed by atoms with van der Waals surface area (Å²) in [7, 11) is 1.53. The second-order valence-electron chi connectivity index (χ2n) is 6.77. The van der Waals surface area contributed by atoms with Crippen LogP contribution in [0.5, 0.6) is 5.88 Å². The number of rotatable bonds is 6. The average molecular weight is 398 g/mol. The highest BCUT2D eigenvalue weighted by atomic mass is 19.4. The van der Waals surface area contributed by atoms with Gasteiger partial charge in [-0.05, 0) is 45.0 Å². The van der Waals surface area contributed by atoms with Gasteiger partial charge < -0.3 is 20.1 Å². The molecule has 2 aromatic rings. The number of carbonyl (C=O) groups excluding carboxylic acids is 1. The monoisotopic (exact) mass is 398 g/mol. The number of hydrogen-bond donors (Lipinski definition) is 2. The zero-order valence-corrected chi connectivity index (χ0v) is 15.8. The van der Waals surface area contributed by atoms with E-state index in [0.717, 1.165) is 0 Å². The number of anilines is 3. The van der Waals surface area contributed by atoms with E-state index in [1.165, 1.54) is 13.1 Å². The Morgan fingerprint density at radius 2 is 1.75 bits per heavy atom. The number of benzene rings is 1. The van der Waals surface area contributed by atoms with Gasteiger partial charge in [0.2, 0.25) is 11.8 Å². The molecular formula is C18H21F3N4O3. The molecule has 2 N–H and O–H groups in total. The first-order valence-corrected chi connectivity index (χ1v) is 8.32. The van der Waals surface area contributed by atoms with E-state index < -0.39 is 24.4 Å². The predicted molar refractivity (Wildman–Crippen MR) is 98.0 cm³/mol. The molecule has 0 unspecified atom stereocenters. The molecule has 0 amide bonds. The summed E-state index contributed by atoms with van der Waals surface area (Å²) in [6.45, 7) is 3.85. The second kappa shape index (κ2) is 8.32. The lowest BCUT2D eigenvalue weighted by Gasteiger charge is -2.19. The first kappa shape index (κ1) is 21.3. The van der Waals surface area contributed by atoms with Crippen LogP contribution >= 0.6 is 0 Å². The van der Waals surface area contributed by atoms with Crippen molar-refractivity contribution in [2.24, 2.45) is 0 Å². The number of ether oxygens (including phenoxy) is 2. The van der Waals surface area contributed by atoms with Crippen molar-refractivity contribution < 1.29 is 27.4 Å². The van der Waals surface area contributed by atoms with Crippen LogP contribution < -0.4 is 15.4 Å². The Morgan fingerprint density at radius 3 is 2.29 bits per heavy atom. The molecule has 10 heteroatoms. The highest BCUT2D eigenvalue weighted by molar-refractivity contribution is 5.90. The Morgan fingerprint density at radius 1 is 1.11 bits per heavy atom. The molecule has 2 rings (SSSR count). The third-order valence-electron chi connectivity index (χ3n) is 3.10. The fourth-order valence-corrected chi connectivity index (χ4v) is 2.01. The number of nitrogens with zero attached hydrogens (tertiary/aromatic N) is 2. The Labute approximate surface area is 160 Å². The van der Waals surface area contributed by atoms with E-state index in [9.17, 15) is 18.0 Å². The van der Waals surface area contributed by atoms with Gasteiger partial charge in [0.05, 0.1) is 5.56 Å². The number of carbonyl (C=O) groups is 1. The lowest BCUT2D eigenvalue weighted by atomic mass is 10.1. The molecule has 28 heavy (non-hydrogen) atoms. The minimum atomic E-state index is -4.48. The van der Waals surface area contributed by atoms with Crippen molar-refractivity contribution in [1.82, 2.24) is 9.97 Å². The van der Waals surface area contributed by atoms with Gasteiger partial charge in [0, 0.05) is 18.8 Å². The second-order valence-corrected chi connectivity index (χ2v) is 6.77. The molecule has 0 saturated carbocycles. The smallest absolute Gasteiger partial charge is 0.422 e. The molecular weight excluding hydrogens is 377 g/mol. The molecule has 1 aromatic heterocycles. The summed E-state index contributed by atoms with van der Waals surface area (Å²) in [6.07, 6.45) is -4.48. The van der Waals surface area contributed by atoms with Gasteiger partial charge in [-0.2, -0.15) is 23.1 Å². The zero-order chi connectivity index (χ0) is 20.9. The van der Waals surface area contributed by atoms with E-state index in [0.29, 0.717) is 11.3 Å². The van der Waals surface area contributed by atoms with Crippen LogP contribution in [0, 0.1) is 0 Å². The molecule has 0 saturated heterocycles. The fraction of sp³-hybridized carbons (Fsp3) is 0.389. The predicted octanol–water partition coefficient (Wildman–Crippen LogP) is 4.16. The van der Waals surface area contributed by atoms with Crippen molar-refractivity contribution in [1.29, 1.82) is 0 Å². The summed E-state index contributed by atoms with van der Waals surface area (Å²) in [4.78, 5) is 20.0. The largest absolute Gasteiger partial charge is 0.468 e. The molecule has 1 aromatic carbocycles. The Balaban J connectivity index is 2.13. The molecule has 0 aliphatic carbocycles. The van der Waals surface area contributed by atoms with Gasteiger partial charge in [-0.1, -0.05) is 0 Å². The van der Waals surface area contributed by atoms with Crippen LogP contribution in [0.25, 0.3) is 0 Å². The summed E-state index contributed by atoms with van der Waals surface area (Å²) in [5, 5.41) is 5.58. The molecule has 0 atom stereocenters. The van der Waals surface area contributed by atoms with Gasteiger partial charge in [-0.3, -0.25) is 0 Å². The van der Waals surface area contributed by atoms with Crippen molar-refractivity contribution in [2.75, 3.05) is 24.3 Å². The number of aromatic nitrogens is 2. The highest BCUT2D eigenvalue weighted by Crippen LogP contribution is 2.23. The van der Waals surface area contributed by atoms with Crippen molar-refractivity contribution in [2.45, 2.75) is 32.5 Å². The lowest BCUT2D eigenvalue weighted by Crippen LogP contribution is -2.23. The van der Waals surface area contributed by atoms with Crippen LogP contribution in [0.3, 0.4) is 0 Å². The third kappa shape index (κ3) is 6.93. The number of hydrogen-bond acceptors (Lipinski definition) is 7. The van der Waals surface area contributed by atoms with Crippen LogP contribution in [0.2, 0.25) is 0 Å². The molecule has 0 aliphatic heterocycles. The van der Waals surface area contributed by atoms with Gasteiger partial charge >= 0.3 is 12.1 Å². The minimum Gasteiger partial charge on any atom is -0.468 e.